The Bertz CT molecular complexity index is 664. The van der Waals surface area contributed by atoms with E-state index in [2.05, 4.69) is 10.2 Å². The number of carbonyl (C=O) groups is 1. The molecule has 1 atom stereocenters. The molecular formula is C21H29F3N2O2. The summed E-state index contributed by atoms with van der Waals surface area (Å²) in [6.07, 6.45) is -0.0112. The molecule has 0 saturated carbocycles. The minimum Gasteiger partial charge on any atom is -0.373 e. The number of likely N-dealkylation sites (tertiary alicyclic amines) is 1. The molecule has 2 fully saturated rings. The molecule has 3 rings (SSSR count). The van der Waals surface area contributed by atoms with Gasteiger partial charge in [0.05, 0.1) is 11.2 Å². The third-order valence-electron chi connectivity index (χ3n) is 5.80. The van der Waals surface area contributed by atoms with Crippen molar-refractivity contribution >= 4 is 5.91 Å². The van der Waals surface area contributed by atoms with E-state index in [1.54, 1.807) is 6.07 Å². The second kappa shape index (κ2) is 8.82. The van der Waals surface area contributed by atoms with Crippen LogP contribution in [0.4, 0.5) is 13.2 Å². The number of amides is 1. The Morgan fingerprint density at radius 2 is 2.07 bits per heavy atom. The van der Waals surface area contributed by atoms with E-state index in [0.717, 1.165) is 51.4 Å². The molecule has 0 bridgehead atoms. The van der Waals surface area contributed by atoms with E-state index >= 15 is 0 Å². The summed E-state index contributed by atoms with van der Waals surface area (Å²) in [5, 5.41) is 3.00. The van der Waals surface area contributed by atoms with Crippen molar-refractivity contribution in [1.82, 2.24) is 10.2 Å². The highest BCUT2D eigenvalue weighted by molar-refractivity contribution is 5.76. The molecule has 2 saturated heterocycles. The predicted octanol–water partition coefficient (Wildman–Crippen LogP) is 3.99. The van der Waals surface area contributed by atoms with E-state index in [1.807, 2.05) is 6.92 Å². The third kappa shape index (κ3) is 5.95. The summed E-state index contributed by atoms with van der Waals surface area (Å²) >= 11 is 0. The molecule has 1 unspecified atom stereocenters. The van der Waals surface area contributed by atoms with Crippen LogP contribution < -0.4 is 5.32 Å². The number of halogens is 3. The van der Waals surface area contributed by atoms with Gasteiger partial charge in [0.1, 0.15) is 0 Å². The van der Waals surface area contributed by atoms with Gasteiger partial charge in [-0.2, -0.15) is 13.2 Å². The van der Waals surface area contributed by atoms with Gasteiger partial charge in [-0.15, -0.1) is 0 Å². The van der Waals surface area contributed by atoms with Crippen LogP contribution in [0.3, 0.4) is 0 Å². The van der Waals surface area contributed by atoms with Crippen molar-refractivity contribution in [2.75, 3.05) is 26.2 Å². The second-order valence-corrected chi connectivity index (χ2v) is 8.30. The topological polar surface area (TPSA) is 41.6 Å². The summed E-state index contributed by atoms with van der Waals surface area (Å²) < 4.78 is 44.2. The number of nitrogens with one attached hydrogen (secondary N) is 1. The maximum absolute atomic E-state index is 12.8. The van der Waals surface area contributed by atoms with Gasteiger partial charge < -0.3 is 10.1 Å². The van der Waals surface area contributed by atoms with Crippen molar-refractivity contribution in [3.8, 4) is 0 Å². The Hall–Kier alpha value is -1.60. The average Bonchev–Trinajstić information content (AvgIpc) is 3.08. The molecule has 156 valence electrons. The number of benzene rings is 1. The molecule has 2 aliphatic heterocycles. The monoisotopic (exact) mass is 398 g/mol. The summed E-state index contributed by atoms with van der Waals surface area (Å²) in [4.78, 5) is 14.4. The molecule has 2 heterocycles. The van der Waals surface area contributed by atoms with Crippen molar-refractivity contribution in [3.63, 3.8) is 0 Å². The first-order valence-electron chi connectivity index (χ1n) is 10.0. The zero-order valence-electron chi connectivity index (χ0n) is 16.4. The summed E-state index contributed by atoms with van der Waals surface area (Å²) in [6.45, 7) is 5.46. The van der Waals surface area contributed by atoms with Gasteiger partial charge >= 0.3 is 6.18 Å². The normalized spacial score (nSPS) is 24.4. The summed E-state index contributed by atoms with van der Waals surface area (Å²) in [5.74, 6) is 0.392. The highest BCUT2D eigenvalue weighted by atomic mass is 19.4. The van der Waals surface area contributed by atoms with E-state index in [1.165, 1.54) is 12.1 Å². The van der Waals surface area contributed by atoms with Crippen LogP contribution in [0.2, 0.25) is 0 Å². The number of rotatable bonds is 6. The minimum atomic E-state index is -4.31. The van der Waals surface area contributed by atoms with Gasteiger partial charge in [0.25, 0.3) is 0 Å². The highest BCUT2D eigenvalue weighted by Gasteiger charge is 2.31. The third-order valence-corrected chi connectivity index (χ3v) is 5.80. The van der Waals surface area contributed by atoms with Crippen LogP contribution in [0.5, 0.6) is 0 Å². The fourth-order valence-corrected chi connectivity index (χ4v) is 4.05. The second-order valence-electron chi connectivity index (χ2n) is 8.30. The molecule has 1 amide bonds. The van der Waals surface area contributed by atoms with Crippen LogP contribution in [0.1, 0.15) is 50.2 Å². The Kier molecular flexibility index (Phi) is 6.65. The Balaban J connectivity index is 1.40. The highest BCUT2D eigenvalue weighted by Crippen LogP contribution is 2.30. The Morgan fingerprint density at radius 3 is 2.71 bits per heavy atom. The lowest BCUT2D eigenvalue weighted by atomic mass is 9.92. The number of carbonyl (C=O) groups excluding carboxylic acids is 1. The summed E-state index contributed by atoms with van der Waals surface area (Å²) in [7, 11) is 0. The maximum Gasteiger partial charge on any atom is 0.416 e. The van der Waals surface area contributed by atoms with Crippen LogP contribution in [0.15, 0.2) is 24.3 Å². The van der Waals surface area contributed by atoms with Gasteiger partial charge in [0.2, 0.25) is 5.91 Å². The first-order chi connectivity index (χ1) is 13.2. The van der Waals surface area contributed by atoms with Crippen molar-refractivity contribution in [3.05, 3.63) is 35.4 Å². The number of piperidine rings is 1. The number of hydrogen-bond acceptors (Lipinski definition) is 3. The van der Waals surface area contributed by atoms with Gasteiger partial charge in [0.15, 0.2) is 0 Å². The lowest BCUT2D eigenvalue weighted by molar-refractivity contribution is -0.137. The summed E-state index contributed by atoms with van der Waals surface area (Å²) in [5.41, 5.74) is -0.156. The maximum atomic E-state index is 12.8. The van der Waals surface area contributed by atoms with Crippen molar-refractivity contribution in [2.45, 2.75) is 57.3 Å². The van der Waals surface area contributed by atoms with Crippen LogP contribution in [0, 0.1) is 5.92 Å². The standard InChI is InChI=1S/C21H29F3N2O2/c1-20(8-3-11-28-20)15-25-19(27)13-16-6-9-26(10-7-16)14-17-4-2-5-18(12-17)21(22,23)24/h2,4-5,12,16H,3,6-11,13-15H2,1H3,(H,25,27). The smallest absolute Gasteiger partial charge is 0.373 e. The van der Waals surface area contributed by atoms with Crippen molar-refractivity contribution in [2.24, 2.45) is 5.92 Å². The molecule has 1 aromatic rings. The van der Waals surface area contributed by atoms with Gasteiger partial charge in [-0.3, -0.25) is 9.69 Å². The number of ether oxygens (including phenoxy) is 1. The van der Waals surface area contributed by atoms with E-state index < -0.39 is 11.7 Å². The molecule has 2 aliphatic rings. The Labute approximate surface area is 164 Å². The number of nitrogens with zero attached hydrogens (tertiary/aromatic N) is 1. The minimum absolute atomic E-state index is 0.0630. The molecular weight excluding hydrogens is 369 g/mol. The van der Waals surface area contributed by atoms with E-state index in [9.17, 15) is 18.0 Å². The van der Waals surface area contributed by atoms with Gasteiger partial charge in [-0.05, 0) is 63.2 Å². The lowest BCUT2D eigenvalue weighted by Gasteiger charge is -2.32. The zero-order valence-corrected chi connectivity index (χ0v) is 16.4. The van der Waals surface area contributed by atoms with Crippen LogP contribution >= 0.6 is 0 Å². The number of hydrogen-bond donors (Lipinski definition) is 1. The average molecular weight is 398 g/mol. The van der Waals surface area contributed by atoms with E-state index in [4.69, 9.17) is 4.74 Å². The van der Waals surface area contributed by atoms with E-state index in [0.29, 0.717) is 31.0 Å². The summed E-state index contributed by atoms with van der Waals surface area (Å²) in [6, 6.07) is 5.53. The molecule has 7 heteroatoms. The van der Waals surface area contributed by atoms with Crippen LogP contribution in [-0.2, 0) is 22.3 Å². The molecule has 0 aromatic heterocycles. The zero-order chi connectivity index (χ0) is 20.2. The quantitative estimate of drug-likeness (QED) is 0.788. The SMILES string of the molecule is CC1(CNC(=O)CC2CCN(Cc3cccc(C(F)(F)F)c3)CC2)CCCO1. The molecule has 1 N–H and O–H groups in total. The molecule has 28 heavy (non-hydrogen) atoms. The van der Waals surface area contributed by atoms with Crippen molar-refractivity contribution in [1.29, 1.82) is 0 Å². The predicted molar refractivity (Wildman–Crippen MR) is 101 cm³/mol. The fraction of sp³-hybridized carbons (Fsp3) is 0.667. The van der Waals surface area contributed by atoms with Gasteiger partial charge in [-0.25, -0.2) is 0 Å². The lowest BCUT2D eigenvalue weighted by Crippen LogP contribution is -2.41. The molecule has 4 nitrogen and oxygen atoms in total. The molecule has 0 spiro atoms. The largest absolute Gasteiger partial charge is 0.416 e. The van der Waals surface area contributed by atoms with Crippen LogP contribution in [0.25, 0.3) is 0 Å². The van der Waals surface area contributed by atoms with Crippen LogP contribution in [-0.4, -0.2) is 42.6 Å². The van der Waals surface area contributed by atoms with Crippen molar-refractivity contribution < 1.29 is 22.7 Å². The fourth-order valence-electron chi connectivity index (χ4n) is 4.05. The first kappa shape index (κ1) is 21.1. The van der Waals surface area contributed by atoms with Gasteiger partial charge in [0, 0.05) is 26.1 Å². The molecule has 0 aliphatic carbocycles. The molecule has 0 radical (unpaired) electrons. The Morgan fingerprint density at radius 1 is 1.32 bits per heavy atom. The first-order valence-corrected chi connectivity index (χ1v) is 10.0. The molecule has 1 aromatic carbocycles. The number of alkyl halides is 3. The van der Waals surface area contributed by atoms with Gasteiger partial charge in [-0.1, -0.05) is 18.2 Å². The van der Waals surface area contributed by atoms with E-state index in [-0.39, 0.29) is 11.5 Å².